The molecular formula is C17H24N4. The number of pyridine rings is 1. The Morgan fingerprint density at radius 2 is 1.95 bits per heavy atom. The maximum Gasteiger partial charge on any atom is 0.0726 e. The molecule has 1 aliphatic rings. The molecular weight excluding hydrogens is 260 g/mol. The number of nitrogen functional groups attached to an aromatic ring is 1. The smallest absolute Gasteiger partial charge is 0.0726 e. The summed E-state index contributed by atoms with van der Waals surface area (Å²) in [6.45, 7) is 3.17. The number of piperidine rings is 1. The first kappa shape index (κ1) is 14.3. The largest absolute Gasteiger partial charge is 0.398 e. The van der Waals surface area contributed by atoms with Crippen LogP contribution in [-0.4, -0.2) is 48.0 Å². The summed E-state index contributed by atoms with van der Waals surface area (Å²) in [7, 11) is 4.35. The van der Waals surface area contributed by atoms with Crippen molar-refractivity contribution in [2.24, 2.45) is 0 Å². The molecule has 0 unspecified atom stereocenters. The highest BCUT2D eigenvalue weighted by Crippen LogP contribution is 2.22. The van der Waals surface area contributed by atoms with Gasteiger partial charge in [-0.25, -0.2) is 0 Å². The number of aromatic nitrogens is 1. The van der Waals surface area contributed by atoms with Crippen molar-refractivity contribution < 1.29 is 0 Å². The SMILES string of the molecule is CN(C)C1CCN(Cc2cc(N)c3ccccc3n2)CC1. The molecule has 0 bridgehead atoms. The fourth-order valence-corrected chi connectivity index (χ4v) is 3.16. The van der Waals surface area contributed by atoms with Crippen molar-refractivity contribution >= 4 is 16.6 Å². The van der Waals surface area contributed by atoms with Crippen LogP contribution < -0.4 is 5.73 Å². The van der Waals surface area contributed by atoms with Gasteiger partial charge in [0.2, 0.25) is 0 Å². The number of hydrogen-bond donors (Lipinski definition) is 1. The van der Waals surface area contributed by atoms with E-state index in [-0.39, 0.29) is 0 Å². The topological polar surface area (TPSA) is 45.4 Å². The second-order valence-electron chi connectivity index (χ2n) is 6.19. The van der Waals surface area contributed by atoms with Gasteiger partial charge in [0, 0.05) is 36.7 Å². The number of likely N-dealkylation sites (tertiary alicyclic amines) is 1. The van der Waals surface area contributed by atoms with Gasteiger partial charge in [0.1, 0.15) is 0 Å². The van der Waals surface area contributed by atoms with Crippen LogP contribution in [0.5, 0.6) is 0 Å². The van der Waals surface area contributed by atoms with Crippen LogP contribution in [0, 0.1) is 0 Å². The lowest BCUT2D eigenvalue weighted by molar-refractivity contribution is 0.139. The zero-order chi connectivity index (χ0) is 14.8. The molecule has 2 heterocycles. The Labute approximate surface area is 126 Å². The number of anilines is 1. The molecule has 1 fully saturated rings. The highest BCUT2D eigenvalue weighted by Gasteiger charge is 2.20. The zero-order valence-electron chi connectivity index (χ0n) is 12.9. The third-order valence-corrected chi connectivity index (χ3v) is 4.47. The predicted molar refractivity (Wildman–Crippen MR) is 88.1 cm³/mol. The van der Waals surface area contributed by atoms with E-state index in [0.29, 0.717) is 0 Å². The van der Waals surface area contributed by atoms with Crippen molar-refractivity contribution in [2.45, 2.75) is 25.4 Å². The Morgan fingerprint density at radius 3 is 2.67 bits per heavy atom. The van der Waals surface area contributed by atoms with Gasteiger partial charge < -0.3 is 10.6 Å². The molecule has 1 aliphatic heterocycles. The van der Waals surface area contributed by atoms with Crippen LogP contribution in [0.25, 0.3) is 10.9 Å². The Hall–Kier alpha value is -1.65. The molecule has 2 aromatic rings. The Balaban J connectivity index is 1.71. The van der Waals surface area contributed by atoms with Gasteiger partial charge in [-0.05, 0) is 39.1 Å². The molecule has 2 N–H and O–H groups in total. The first-order valence-corrected chi connectivity index (χ1v) is 7.66. The Bertz CT molecular complexity index is 615. The number of para-hydroxylation sites is 1. The molecule has 4 heteroatoms. The van der Waals surface area contributed by atoms with Crippen LogP contribution in [0.2, 0.25) is 0 Å². The molecule has 0 spiro atoms. The molecule has 3 rings (SSSR count). The lowest BCUT2D eigenvalue weighted by Crippen LogP contribution is -2.41. The predicted octanol–water partition coefficient (Wildman–Crippen LogP) is 2.34. The van der Waals surface area contributed by atoms with E-state index in [1.807, 2.05) is 30.3 Å². The van der Waals surface area contributed by atoms with Crippen LogP contribution in [0.15, 0.2) is 30.3 Å². The number of nitrogens with zero attached hydrogens (tertiary/aromatic N) is 3. The molecule has 0 atom stereocenters. The van der Waals surface area contributed by atoms with Crippen molar-refractivity contribution in [2.75, 3.05) is 32.9 Å². The van der Waals surface area contributed by atoms with Crippen LogP contribution in [0.1, 0.15) is 18.5 Å². The summed E-state index contributed by atoms with van der Waals surface area (Å²) in [5.41, 5.74) is 9.07. The minimum absolute atomic E-state index is 0.718. The van der Waals surface area contributed by atoms with Gasteiger partial charge in [0.05, 0.1) is 11.2 Å². The standard InChI is InChI=1S/C17H24N4/c1-20(2)14-7-9-21(10-8-14)12-13-11-16(18)15-5-3-4-6-17(15)19-13/h3-6,11,14H,7-10,12H2,1-2H3,(H2,18,19). The molecule has 0 amide bonds. The van der Waals surface area contributed by atoms with Gasteiger partial charge in [-0.15, -0.1) is 0 Å². The average molecular weight is 284 g/mol. The molecule has 0 aliphatic carbocycles. The normalized spacial score (nSPS) is 17.7. The molecule has 21 heavy (non-hydrogen) atoms. The zero-order valence-corrected chi connectivity index (χ0v) is 12.9. The van der Waals surface area contributed by atoms with E-state index in [9.17, 15) is 0 Å². The number of rotatable bonds is 3. The summed E-state index contributed by atoms with van der Waals surface area (Å²) >= 11 is 0. The monoisotopic (exact) mass is 284 g/mol. The molecule has 0 radical (unpaired) electrons. The lowest BCUT2D eigenvalue weighted by atomic mass is 10.0. The van der Waals surface area contributed by atoms with Crippen LogP contribution in [-0.2, 0) is 6.54 Å². The van der Waals surface area contributed by atoms with Crippen LogP contribution in [0.3, 0.4) is 0 Å². The van der Waals surface area contributed by atoms with Gasteiger partial charge in [-0.2, -0.15) is 0 Å². The summed E-state index contributed by atoms with van der Waals surface area (Å²) in [6.07, 6.45) is 2.46. The third-order valence-electron chi connectivity index (χ3n) is 4.47. The van der Waals surface area contributed by atoms with Crippen molar-refractivity contribution in [1.29, 1.82) is 0 Å². The Kier molecular flexibility index (Phi) is 4.08. The van der Waals surface area contributed by atoms with Gasteiger partial charge in [-0.3, -0.25) is 9.88 Å². The van der Waals surface area contributed by atoms with E-state index < -0.39 is 0 Å². The highest BCUT2D eigenvalue weighted by atomic mass is 15.2. The van der Waals surface area contributed by atoms with Gasteiger partial charge >= 0.3 is 0 Å². The van der Waals surface area contributed by atoms with E-state index in [1.54, 1.807) is 0 Å². The van der Waals surface area contributed by atoms with Crippen LogP contribution >= 0.6 is 0 Å². The van der Waals surface area contributed by atoms with Crippen molar-refractivity contribution in [3.8, 4) is 0 Å². The van der Waals surface area contributed by atoms with Crippen LogP contribution in [0.4, 0.5) is 5.69 Å². The minimum Gasteiger partial charge on any atom is -0.398 e. The summed E-state index contributed by atoms with van der Waals surface area (Å²) in [4.78, 5) is 9.57. The third kappa shape index (κ3) is 3.17. The van der Waals surface area contributed by atoms with E-state index >= 15 is 0 Å². The fraction of sp³-hybridized carbons (Fsp3) is 0.471. The molecule has 1 saturated heterocycles. The molecule has 1 aromatic heterocycles. The first-order chi connectivity index (χ1) is 10.1. The van der Waals surface area contributed by atoms with Gasteiger partial charge in [-0.1, -0.05) is 18.2 Å². The van der Waals surface area contributed by atoms with Crippen molar-refractivity contribution in [1.82, 2.24) is 14.8 Å². The Morgan fingerprint density at radius 1 is 1.24 bits per heavy atom. The minimum atomic E-state index is 0.718. The fourth-order valence-electron chi connectivity index (χ4n) is 3.16. The first-order valence-electron chi connectivity index (χ1n) is 7.66. The van der Waals surface area contributed by atoms with E-state index in [2.05, 4.69) is 23.9 Å². The maximum absolute atomic E-state index is 6.16. The summed E-state index contributed by atoms with van der Waals surface area (Å²) in [5, 5.41) is 1.05. The molecule has 1 aromatic carbocycles. The summed E-state index contributed by atoms with van der Waals surface area (Å²) in [6, 6.07) is 10.8. The number of nitrogens with two attached hydrogens (primary N) is 1. The quantitative estimate of drug-likeness (QED) is 0.939. The highest BCUT2D eigenvalue weighted by molar-refractivity contribution is 5.90. The maximum atomic E-state index is 6.16. The molecule has 0 saturated carbocycles. The van der Waals surface area contributed by atoms with E-state index in [1.165, 1.54) is 12.8 Å². The van der Waals surface area contributed by atoms with Gasteiger partial charge in [0.15, 0.2) is 0 Å². The second-order valence-corrected chi connectivity index (χ2v) is 6.19. The van der Waals surface area contributed by atoms with Crippen molar-refractivity contribution in [3.05, 3.63) is 36.0 Å². The molecule has 112 valence electrons. The number of hydrogen-bond acceptors (Lipinski definition) is 4. The van der Waals surface area contributed by atoms with E-state index in [4.69, 9.17) is 10.7 Å². The average Bonchev–Trinajstić information content (AvgIpc) is 2.48. The summed E-state index contributed by atoms with van der Waals surface area (Å²) in [5.74, 6) is 0. The lowest BCUT2D eigenvalue weighted by Gasteiger charge is -2.35. The van der Waals surface area contributed by atoms with Crippen molar-refractivity contribution in [3.63, 3.8) is 0 Å². The number of fused-ring (bicyclic) bond motifs is 1. The summed E-state index contributed by atoms with van der Waals surface area (Å²) < 4.78 is 0. The number of benzene rings is 1. The second kappa shape index (κ2) is 6.00. The molecule has 4 nitrogen and oxygen atoms in total. The van der Waals surface area contributed by atoms with E-state index in [0.717, 1.165) is 48.0 Å². The van der Waals surface area contributed by atoms with Gasteiger partial charge in [0.25, 0.3) is 0 Å².